The summed E-state index contributed by atoms with van der Waals surface area (Å²) in [6.07, 6.45) is 2.39. The molecule has 1 amide bonds. The maximum absolute atomic E-state index is 13.0. The fourth-order valence-electron chi connectivity index (χ4n) is 3.77. The SMILES string of the molecule is CCOc1ccc([C@@H]2CCCN2C(=O)Cc2[nH]nc3ccccc23)cc1. The third-order valence-electron chi connectivity index (χ3n) is 5.02. The van der Waals surface area contributed by atoms with E-state index >= 15 is 0 Å². The number of rotatable bonds is 5. The lowest BCUT2D eigenvalue weighted by molar-refractivity contribution is -0.131. The average molecular weight is 349 g/mol. The van der Waals surface area contributed by atoms with Gasteiger partial charge in [-0.3, -0.25) is 9.89 Å². The molecular formula is C21H23N3O2. The molecule has 5 nitrogen and oxygen atoms in total. The minimum Gasteiger partial charge on any atom is -0.494 e. The summed E-state index contributed by atoms with van der Waals surface area (Å²) in [6.45, 7) is 3.44. The van der Waals surface area contributed by atoms with E-state index < -0.39 is 0 Å². The van der Waals surface area contributed by atoms with Crippen LogP contribution in [-0.2, 0) is 11.2 Å². The first kappa shape index (κ1) is 16.6. The number of para-hydroxylation sites is 1. The zero-order valence-electron chi connectivity index (χ0n) is 14.9. The zero-order valence-corrected chi connectivity index (χ0v) is 14.9. The highest BCUT2D eigenvalue weighted by Gasteiger charge is 2.30. The number of carbonyl (C=O) groups excluding carboxylic acids is 1. The summed E-state index contributed by atoms with van der Waals surface area (Å²) < 4.78 is 5.52. The van der Waals surface area contributed by atoms with Crippen LogP contribution in [0.4, 0.5) is 0 Å². The predicted octanol–water partition coefficient (Wildman–Crippen LogP) is 3.87. The molecule has 1 atom stereocenters. The Morgan fingerprint density at radius 2 is 2.04 bits per heavy atom. The molecule has 0 aliphatic carbocycles. The summed E-state index contributed by atoms with van der Waals surface area (Å²) in [5.41, 5.74) is 2.97. The van der Waals surface area contributed by atoms with Gasteiger partial charge in [0.15, 0.2) is 0 Å². The molecule has 134 valence electrons. The van der Waals surface area contributed by atoms with Gasteiger partial charge in [-0.15, -0.1) is 0 Å². The Kier molecular flexibility index (Phi) is 4.61. The van der Waals surface area contributed by atoms with Gasteiger partial charge in [0.1, 0.15) is 5.75 Å². The van der Waals surface area contributed by atoms with Gasteiger partial charge >= 0.3 is 0 Å². The van der Waals surface area contributed by atoms with Crippen LogP contribution in [0.15, 0.2) is 48.5 Å². The molecule has 0 bridgehead atoms. The third-order valence-corrected chi connectivity index (χ3v) is 5.02. The second-order valence-corrected chi connectivity index (χ2v) is 6.64. The number of nitrogens with zero attached hydrogens (tertiary/aromatic N) is 2. The van der Waals surface area contributed by atoms with Gasteiger partial charge in [0.2, 0.25) is 5.91 Å². The number of likely N-dealkylation sites (tertiary alicyclic amines) is 1. The molecule has 0 unspecified atom stereocenters. The number of H-pyrrole nitrogens is 1. The van der Waals surface area contributed by atoms with Crippen LogP contribution in [-0.4, -0.2) is 34.2 Å². The fraction of sp³-hybridized carbons (Fsp3) is 0.333. The molecule has 3 aromatic rings. The summed E-state index contributed by atoms with van der Waals surface area (Å²) >= 11 is 0. The average Bonchev–Trinajstić information content (AvgIpc) is 3.30. The molecular weight excluding hydrogens is 326 g/mol. The molecule has 4 rings (SSSR count). The Hall–Kier alpha value is -2.82. The van der Waals surface area contributed by atoms with Crippen LogP contribution in [0.1, 0.15) is 37.1 Å². The van der Waals surface area contributed by atoms with E-state index in [1.54, 1.807) is 0 Å². The van der Waals surface area contributed by atoms with Crippen LogP contribution in [0, 0.1) is 0 Å². The molecule has 0 spiro atoms. The van der Waals surface area contributed by atoms with Crippen molar-refractivity contribution in [1.29, 1.82) is 0 Å². The maximum atomic E-state index is 13.0. The van der Waals surface area contributed by atoms with Crippen LogP contribution in [0.2, 0.25) is 0 Å². The van der Waals surface area contributed by atoms with Crippen molar-refractivity contribution in [3.05, 3.63) is 59.8 Å². The first-order valence-electron chi connectivity index (χ1n) is 9.20. The highest BCUT2D eigenvalue weighted by Crippen LogP contribution is 2.33. The van der Waals surface area contributed by atoms with Gasteiger partial charge in [0.25, 0.3) is 0 Å². The monoisotopic (exact) mass is 349 g/mol. The van der Waals surface area contributed by atoms with Gasteiger partial charge in [-0.05, 0) is 43.5 Å². The molecule has 1 aliphatic heterocycles. The standard InChI is InChI=1S/C21H23N3O2/c1-2-26-16-11-9-15(10-12-16)20-8-5-13-24(20)21(25)14-19-17-6-3-4-7-18(17)22-23-19/h3-4,6-7,9-12,20H,2,5,8,13-14H2,1H3,(H,22,23)/t20-/m0/s1. The number of aromatic amines is 1. The Labute approximate surface area is 153 Å². The number of benzene rings is 2. The highest BCUT2D eigenvalue weighted by atomic mass is 16.5. The summed E-state index contributed by atoms with van der Waals surface area (Å²) in [5.74, 6) is 1.02. The van der Waals surface area contributed by atoms with Crippen LogP contribution >= 0.6 is 0 Å². The molecule has 26 heavy (non-hydrogen) atoms. The van der Waals surface area contributed by atoms with Crippen molar-refractivity contribution in [2.24, 2.45) is 0 Å². The summed E-state index contributed by atoms with van der Waals surface area (Å²) in [5, 5.41) is 8.35. The minimum absolute atomic E-state index is 0.146. The van der Waals surface area contributed by atoms with Crippen molar-refractivity contribution in [3.63, 3.8) is 0 Å². The van der Waals surface area contributed by atoms with E-state index in [0.717, 1.165) is 41.7 Å². The van der Waals surface area contributed by atoms with Crippen molar-refractivity contribution in [3.8, 4) is 5.75 Å². The van der Waals surface area contributed by atoms with Crippen molar-refractivity contribution in [1.82, 2.24) is 15.1 Å². The minimum atomic E-state index is 0.146. The molecule has 2 aromatic carbocycles. The van der Waals surface area contributed by atoms with E-state index in [1.807, 2.05) is 48.2 Å². The maximum Gasteiger partial charge on any atom is 0.229 e. The first-order chi connectivity index (χ1) is 12.8. The summed E-state index contributed by atoms with van der Waals surface area (Å²) in [6, 6.07) is 16.2. The Bertz CT molecular complexity index is 901. The van der Waals surface area contributed by atoms with Crippen molar-refractivity contribution < 1.29 is 9.53 Å². The topological polar surface area (TPSA) is 58.2 Å². The number of nitrogens with one attached hydrogen (secondary N) is 1. The number of fused-ring (bicyclic) bond motifs is 1. The van der Waals surface area contributed by atoms with E-state index in [2.05, 4.69) is 22.3 Å². The van der Waals surface area contributed by atoms with Gasteiger partial charge < -0.3 is 9.64 Å². The Morgan fingerprint density at radius 3 is 2.85 bits per heavy atom. The number of ether oxygens (including phenoxy) is 1. The van der Waals surface area contributed by atoms with Gasteiger partial charge in [0.05, 0.1) is 30.3 Å². The van der Waals surface area contributed by atoms with E-state index in [1.165, 1.54) is 5.56 Å². The van der Waals surface area contributed by atoms with Crippen LogP contribution < -0.4 is 4.74 Å². The van der Waals surface area contributed by atoms with E-state index in [4.69, 9.17) is 4.74 Å². The zero-order chi connectivity index (χ0) is 17.9. The van der Waals surface area contributed by atoms with Gasteiger partial charge in [-0.1, -0.05) is 30.3 Å². The predicted molar refractivity (Wildman–Crippen MR) is 101 cm³/mol. The molecule has 1 aliphatic rings. The van der Waals surface area contributed by atoms with Gasteiger partial charge in [0, 0.05) is 11.9 Å². The van der Waals surface area contributed by atoms with Crippen LogP contribution in [0.25, 0.3) is 10.9 Å². The lowest BCUT2D eigenvalue weighted by Crippen LogP contribution is -2.32. The molecule has 2 heterocycles. The van der Waals surface area contributed by atoms with Crippen molar-refractivity contribution in [2.45, 2.75) is 32.2 Å². The fourth-order valence-corrected chi connectivity index (χ4v) is 3.77. The van der Waals surface area contributed by atoms with E-state index in [9.17, 15) is 4.79 Å². The molecule has 0 radical (unpaired) electrons. The van der Waals surface area contributed by atoms with Crippen LogP contribution in [0.3, 0.4) is 0 Å². The number of aromatic nitrogens is 2. The largest absolute Gasteiger partial charge is 0.494 e. The molecule has 5 heteroatoms. The highest BCUT2D eigenvalue weighted by molar-refractivity contribution is 5.87. The summed E-state index contributed by atoms with van der Waals surface area (Å²) in [7, 11) is 0. The van der Waals surface area contributed by atoms with Gasteiger partial charge in [-0.2, -0.15) is 5.10 Å². The molecule has 0 saturated carbocycles. The Morgan fingerprint density at radius 1 is 1.23 bits per heavy atom. The number of amides is 1. The summed E-state index contributed by atoms with van der Waals surface area (Å²) in [4.78, 5) is 15.0. The second-order valence-electron chi connectivity index (χ2n) is 6.64. The molecule has 1 fully saturated rings. The lowest BCUT2D eigenvalue weighted by atomic mass is 10.0. The number of hydrogen-bond donors (Lipinski definition) is 1. The van der Waals surface area contributed by atoms with E-state index in [-0.39, 0.29) is 11.9 Å². The smallest absolute Gasteiger partial charge is 0.229 e. The van der Waals surface area contributed by atoms with E-state index in [0.29, 0.717) is 13.0 Å². The number of carbonyl (C=O) groups is 1. The third kappa shape index (κ3) is 3.17. The molecule has 1 aromatic heterocycles. The molecule has 1 N–H and O–H groups in total. The lowest BCUT2D eigenvalue weighted by Gasteiger charge is -2.25. The Balaban J connectivity index is 1.51. The molecule has 1 saturated heterocycles. The number of hydrogen-bond acceptors (Lipinski definition) is 3. The van der Waals surface area contributed by atoms with Crippen molar-refractivity contribution >= 4 is 16.8 Å². The van der Waals surface area contributed by atoms with Gasteiger partial charge in [-0.25, -0.2) is 0 Å². The quantitative estimate of drug-likeness (QED) is 0.761. The normalized spacial score (nSPS) is 17.0. The second kappa shape index (κ2) is 7.20. The van der Waals surface area contributed by atoms with Crippen molar-refractivity contribution in [2.75, 3.05) is 13.2 Å². The van der Waals surface area contributed by atoms with Crippen LogP contribution in [0.5, 0.6) is 5.75 Å². The first-order valence-corrected chi connectivity index (χ1v) is 9.20.